The lowest BCUT2D eigenvalue weighted by atomic mass is 9.52. The minimum atomic E-state index is -1.03. The quantitative estimate of drug-likeness (QED) is 0.688. The van der Waals surface area contributed by atoms with Crippen LogP contribution in [0.3, 0.4) is 0 Å². The number of hydrogen-bond donors (Lipinski definition) is 2. The Balaban J connectivity index is 1.99. The highest BCUT2D eigenvalue weighted by molar-refractivity contribution is 5.10. The van der Waals surface area contributed by atoms with Gasteiger partial charge >= 0.3 is 0 Å². The molecule has 2 saturated carbocycles. The van der Waals surface area contributed by atoms with Gasteiger partial charge in [0.1, 0.15) is 0 Å². The second-order valence-electron chi connectivity index (χ2n) is 6.59. The lowest BCUT2D eigenvalue weighted by Gasteiger charge is -2.60. The number of aliphatic hydroxyl groups excluding tert-OH is 1. The Morgan fingerprint density at radius 3 is 2.39 bits per heavy atom. The lowest BCUT2D eigenvalue weighted by molar-refractivity contribution is -0.311. The summed E-state index contributed by atoms with van der Waals surface area (Å²) in [6.07, 6.45) is 3.68. The number of aliphatic hydroxyl groups is 2. The minimum Gasteiger partial charge on any atom is -0.390 e. The highest BCUT2D eigenvalue weighted by Crippen LogP contribution is 2.60. The van der Waals surface area contributed by atoms with Gasteiger partial charge in [-0.05, 0) is 32.6 Å². The second-order valence-corrected chi connectivity index (χ2v) is 6.59. The predicted molar refractivity (Wildman–Crippen MR) is 65.9 cm³/mol. The van der Waals surface area contributed by atoms with Crippen LogP contribution in [0, 0.1) is 11.3 Å². The molecule has 2 aliphatic carbocycles. The fourth-order valence-corrected chi connectivity index (χ4v) is 4.60. The molecule has 0 aromatic carbocycles. The third kappa shape index (κ3) is 1.46. The summed E-state index contributed by atoms with van der Waals surface area (Å²) in [5.41, 5.74) is -1.22. The maximum atomic E-state index is 10.7. The van der Waals surface area contributed by atoms with Crippen molar-refractivity contribution in [3.63, 3.8) is 0 Å². The van der Waals surface area contributed by atoms with Crippen LogP contribution in [0.15, 0.2) is 0 Å². The van der Waals surface area contributed by atoms with Crippen molar-refractivity contribution in [2.75, 3.05) is 13.2 Å². The maximum Gasteiger partial charge on any atom is 0.174 e. The fraction of sp³-hybridized carbons (Fsp3) is 1.00. The van der Waals surface area contributed by atoms with Crippen molar-refractivity contribution in [3.8, 4) is 0 Å². The van der Waals surface area contributed by atoms with Gasteiger partial charge in [0, 0.05) is 17.8 Å². The maximum absolute atomic E-state index is 10.7. The van der Waals surface area contributed by atoms with Crippen molar-refractivity contribution in [1.29, 1.82) is 0 Å². The van der Waals surface area contributed by atoms with Crippen LogP contribution in [-0.2, 0) is 9.47 Å². The van der Waals surface area contributed by atoms with E-state index >= 15 is 0 Å². The van der Waals surface area contributed by atoms with Crippen LogP contribution < -0.4 is 0 Å². The molecule has 0 aromatic heterocycles. The second kappa shape index (κ2) is 3.92. The smallest absolute Gasteiger partial charge is 0.174 e. The molecule has 0 unspecified atom stereocenters. The Morgan fingerprint density at radius 2 is 1.72 bits per heavy atom. The summed E-state index contributed by atoms with van der Waals surface area (Å²) in [5.74, 6) is -0.486. The zero-order valence-electron chi connectivity index (χ0n) is 11.3. The molecule has 1 spiro atoms. The van der Waals surface area contributed by atoms with Crippen molar-refractivity contribution < 1.29 is 19.7 Å². The first-order valence-corrected chi connectivity index (χ1v) is 7.11. The van der Waals surface area contributed by atoms with Gasteiger partial charge in [0.05, 0.1) is 24.9 Å². The van der Waals surface area contributed by atoms with E-state index in [-0.39, 0.29) is 11.3 Å². The van der Waals surface area contributed by atoms with Crippen LogP contribution in [0.2, 0.25) is 0 Å². The van der Waals surface area contributed by atoms with Crippen molar-refractivity contribution in [2.24, 2.45) is 11.3 Å². The van der Waals surface area contributed by atoms with E-state index in [0.29, 0.717) is 19.6 Å². The van der Waals surface area contributed by atoms with Crippen molar-refractivity contribution >= 4 is 0 Å². The predicted octanol–water partition coefficient (Wildman–Crippen LogP) is 1.44. The summed E-state index contributed by atoms with van der Waals surface area (Å²) in [6, 6.07) is 0. The van der Waals surface area contributed by atoms with Crippen LogP contribution >= 0.6 is 0 Å². The minimum absolute atomic E-state index is 0.0422. The summed E-state index contributed by atoms with van der Waals surface area (Å²) in [4.78, 5) is 0. The number of rotatable bonds is 0. The summed E-state index contributed by atoms with van der Waals surface area (Å²) >= 11 is 0. The molecular weight excluding hydrogens is 232 g/mol. The Morgan fingerprint density at radius 1 is 1.06 bits per heavy atom. The Bertz CT molecular complexity index is 335. The number of fused-ring (bicyclic) bond motifs is 2. The van der Waals surface area contributed by atoms with Gasteiger partial charge < -0.3 is 19.7 Å². The largest absolute Gasteiger partial charge is 0.390 e. The van der Waals surface area contributed by atoms with Crippen LogP contribution in [0.4, 0.5) is 0 Å². The molecule has 1 heterocycles. The molecule has 0 bridgehead atoms. The summed E-state index contributed by atoms with van der Waals surface area (Å²) in [7, 11) is 0. The first kappa shape index (κ1) is 12.9. The molecule has 4 heteroatoms. The Labute approximate surface area is 108 Å². The first-order valence-electron chi connectivity index (χ1n) is 7.11. The molecule has 2 N–H and O–H groups in total. The topological polar surface area (TPSA) is 58.9 Å². The monoisotopic (exact) mass is 256 g/mol. The normalized spacial score (nSPS) is 51.3. The average molecular weight is 256 g/mol. The van der Waals surface area contributed by atoms with Crippen molar-refractivity contribution in [1.82, 2.24) is 0 Å². The summed E-state index contributed by atoms with van der Waals surface area (Å²) < 4.78 is 11.9. The van der Waals surface area contributed by atoms with E-state index in [2.05, 4.69) is 6.92 Å². The van der Waals surface area contributed by atoms with Gasteiger partial charge in [-0.15, -0.1) is 0 Å². The zero-order valence-corrected chi connectivity index (χ0v) is 11.3. The SMILES string of the molecule is C[C@]1(O)[C@@H](O)CC[C@@]2(C)[C@H]1CCCC21OCCO1. The van der Waals surface area contributed by atoms with Crippen molar-refractivity contribution in [2.45, 2.75) is 63.4 Å². The summed E-state index contributed by atoms with van der Waals surface area (Å²) in [6.45, 7) is 5.23. The fourth-order valence-electron chi connectivity index (χ4n) is 4.60. The molecular formula is C14H24O4. The highest BCUT2D eigenvalue weighted by Gasteiger charge is 2.65. The standard InChI is InChI=1S/C14H24O4/c1-12-7-5-11(15)13(2,16)10(12)4-3-6-14(12)17-8-9-18-14/h10-11,15-16H,3-9H2,1-2H3/t10-,11+,12+,13-/m1/s1. The van der Waals surface area contributed by atoms with Crippen LogP contribution in [0.5, 0.6) is 0 Å². The zero-order chi connectivity index (χ0) is 13.0. The third-order valence-corrected chi connectivity index (χ3v) is 5.71. The molecule has 4 atom stereocenters. The Kier molecular flexibility index (Phi) is 2.80. The van der Waals surface area contributed by atoms with Crippen molar-refractivity contribution in [3.05, 3.63) is 0 Å². The molecule has 3 aliphatic rings. The third-order valence-electron chi connectivity index (χ3n) is 5.71. The molecule has 0 radical (unpaired) electrons. The van der Waals surface area contributed by atoms with Gasteiger partial charge in [0.15, 0.2) is 5.79 Å². The highest BCUT2D eigenvalue weighted by atomic mass is 16.7. The van der Waals surface area contributed by atoms with Gasteiger partial charge in [0.25, 0.3) is 0 Å². The van der Waals surface area contributed by atoms with E-state index in [1.165, 1.54) is 0 Å². The van der Waals surface area contributed by atoms with E-state index in [9.17, 15) is 10.2 Å². The number of ether oxygens (including phenoxy) is 2. The Hall–Kier alpha value is -0.160. The van der Waals surface area contributed by atoms with E-state index in [1.54, 1.807) is 6.92 Å². The molecule has 3 rings (SSSR count). The van der Waals surface area contributed by atoms with E-state index in [4.69, 9.17) is 9.47 Å². The molecule has 0 amide bonds. The van der Waals surface area contributed by atoms with E-state index < -0.39 is 17.5 Å². The van der Waals surface area contributed by atoms with Gasteiger partial charge in [-0.1, -0.05) is 6.92 Å². The average Bonchev–Trinajstić information content (AvgIpc) is 2.78. The van der Waals surface area contributed by atoms with E-state index in [1.807, 2.05) is 0 Å². The van der Waals surface area contributed by atoms with E-state index in [0.717, 1.165) is 25.7 Å². The lowest BCUT2D eigenvalue weighted by Crippen LogP contribution is -2.65. The summed E-state index contributed by atoms with van der Waals surface area (Å²) in [5, 5.41) is 20.8. The first-order chi connectivity index (χ1) is 8.42. The van der Waals surface area contributed by atoms with Gasteiger partial charge in [-0.25, -0.2) is 0 Å². The van der Waals surface area contributed by atoms with Gasteiger partial charge in [-0.2, -0.15) is 0 Å². The van der Waals surface area contributed by atoms with Gasteiger partial charge in [0.2, 0.25) is 0 Å². The molecule has 3 fully saturated rings. The molecule has 0 aromatic rings. The molecule has 4 nitrogen and oxygen atoms in total. The van der Waals surface area contributed by atoms with Gasteiger partial charge in [-0.3, -0.25) is 0 Å². The molecule has 104 valence electrons. The molecule has 18 heavy (non-hydrogen) atoms. The molecule has 1 saturated heterocycles. The van der Waals surface area contributed by atoms with Crippen LogP contribution in [-0.4, -0.2) is 40.9 Å². The van der Waals surface area contributed by atoms with Crippen LogP contribution in [0.1, 0.15) is 46.0 Å². The van der Waals surface area contributed by atoms with Crippen LogP contribution in [0.25, 0.3) is 0 Å². The molecule has 1 aliphatic heterocycles. The number of hydrogen-bond acceptors (Lipinski definition) is 4.